The van der Waals surface area contributed by atoms with Crippen LogP contribution in [0.2, 0.25) is 0 Å². The molecular formula is C24H22FN7O2. The van der Waals surface area contributed by atoms with E-state index in [1.165, 1.54) is 6.07 Å². The molecule has 3 aromatic heterocycles. The topological polar surface area (TPSA) is 108 Å². The molecule has 4 aromatic rings. The van der Waals surface area contributed by atoms with Gasteiger partial charge in [0.05, 0.1) is 29.7 Å². The summed E-state index contributed by atoms with van der Waals surface area (Å²) < 4.78 is 15.7. The van der Waals surface area contributed by atoms with E-state index in [2.05, 4.69) is 9.97 Å². The minimum Gasteiger partial charge on any atom is -0.618 e. The predicted molar refractivity (Wildman–Crippen MR) is 121 cm³/mol. The van der Waals surface area contributed by atoms with Crippen molar-refractivity contribution < 1.29 is 14.3 Å². The molecule has 0 unspecified atom stereocenters. The minimum atomic E-state index is -0.443. The summed E-state index contributed by atoms with van der Waals surface area (Å²) in [6, 6.07) is 15.7. The Bertz CT molecular complexity index is 1420. The fourth-order valence-corrected chi connectivity index (χ4v) is 4.17. The van der Waals surface area contributed by atoms with Gasteiger partial charge in [0.1, 0.15) is 12.5 Å². The summed E-state index contributed by atoms with van der Waals surface area (Å²) >= 11 is 0. The van der Waals surface area contributed by atoms with Crippen LogP contribution in [-0.4, -0.2) is 24.8 Å². The zero-order valence-electron chi connectivity index (χ0n) is 18.6. The summed E-state index contributed by atoms with van der Waals surface area (Å²) in [5, 5.41) is 34.7. The summed E-state index contributed by atoms with van der Waals surface area (Å²) in [7, 11) is 0. The molecule has 0 aliphatic carbocycles. The number of aromatic nitrogens is 4. The van der Waals surface area contributed by atoms with Gasteiger partial charge in [-0.05, 0) is 12.1 Å². The molecule has 5 rings (SSSR count). The van der Waals surface area contributed by atoms with Crippen LogP contribution in [0.15, 0.2) is 60.8 Å². The molecule has 34 heavy (non-hydrogen) atoms. The van der Waals surface area contributed by atoms with Gasteiger partial charge in [0.25, 0.3) is 0 Å². The molecule has 0 saturated carbocycles. The van der Waals surface area contributed by atoms with Gasteiger partial charge in [-0.1, -0.05) is 30.3 Å². The molecule has 0 fully saturated rings. The Labute approximate surface area is 194 Å². The molecule has 172 valence electrons. The van der Waals surface area contributed by atoms with E-state index in [0.717, 1.165) is 21.7 Å². The number of rotatable bonds is 4. The molecule has 0 spiro atoms. The number of hydrogen-bond acceptors (Lipinski definition) is 7. The Morgan fingerprint density at radius 2 is 1.79 bits per heavy atom. The third kappa shape index (κ3) is 3.68. The molecule has 9 nitrogen and oxygen atoms in total. The largest absolute Gasteiger partial charge is 0.618 e. The molecule has 0 radical (unpaired) electrons. The average Bonchev–Trinajstić information content (AvgIpc) is 3.15. The van der Waals surface area contributed by atoms with Gasteiger partial charge in [-0.2, -0.15) is 14.9 Å². The van der Waals surface area contributed by atoms with Crippen molar-refractivity contribution in [3.8, 4) is 22.4 Å². The van der Waals surface area contributed by atoms with Crippen molar-refractivity contribution in [2.45, 2.75) is 27.1 Å². The third-order valence-electron chi connectivity index (χ3n) is 5.79. The lowest BCUT2D eigenvalue weighted by Crippen LogP contribution is -2.35. The first-order chi connectivity index (χ1) is 16.3. The average molecular weight is 459 g/mol. The summed E-state index contributed by atoms with van der Waals surface area (Å²) in [5.41, 5.74) is 4.08. The number of aryl methyl sites for hydroxylation is 2. The zero-order valence-corrected chi connectivity index (χ0v) is 18.6. The smallest absolute Gasteiger partial charge is 0.225 e. The number of nitrogens with zero attached hydrogens (tertiary/aromatic N) is 6. The molecule has 0 amide bonds. The second kappa shape index (κ2) is 8.32. The molecule has 1 aromatic carbocycles. The van der Waals surface area contributed by atoms with Gasteiger partial charge < -0.3 is 5.21 Å². The van der Waals surface area contributed by atoms with E-state index in [1.54, 1.807) is 41.6 Å². The minimum absolute atomic E-state index is 0.0329. The molecule has 10 heteroatoms. The quantitative estimate of drug-likeness (QED) is 0.359. The van der Waals surface area contributed by atoms with Crippen LogP contribution in [0, 0.1) is 30.3 Å². The van der Waals surface area contributed by atoms with Crippen molar-refractivity contribution in [2.75, 3.05) is 5.17 Å². The van der Waals surface area contributed by atoms with Crippen molar-refractivity contribution in [1.29, 1.82) is 5.41 Å². The molecule has 2 N–H and O–H groups in total. The van der Waals surface area contributed by atoms with Gasteiger partial charge in [0.2, 0.25) is 5.62 Å². The number of anilines is 1. The molecule has 0 bridgehead atoms. The maximum atomic E-state index is 13.3. The van der Waals surface area contributed by atoms with Gasteiger partial charge in [0, 0.05) is 37.1 Å². The van der Waals surface area contributed by atoms with Gasteiger partial charge in [-0.3, -0.25) is 20.2 Å². The van der Waals surface area contributed by atoms with Crippen LogP contribution in [0.4, 0.5) is 10.2 Å². The second-order valence-electron chi connectivity index (χ2n) is 8.16. The normalized spacial score (nSPS) is 13.4. The van der Waals surface area contributed by atoms with E-state index in [4.69, 9.17) is 5.41 Å². The highest BCUT2D eigenvalue weighted by Gasteiger charge is 2.33. The number of benzene rings is 1. The van der Waals surface area contributed by atoms with Gasteiger partial charge in [-0.15, -0.1) is 0 Å². The summed E-state index contributed by atoms with van der Waals surface area (Å²) in [4.78, 5) is 8.65. The van der Waals surface area contributed by atoms with Crippen molar-refractivity contribution in [3.63, 3.8) is 0 Å². The lowest BCUT2D eigenvalue weighted by atomic mass is 9.99. The Morgan fingerprint density at radius 3 is 2.44 bits per heavy atom. The number of hydrazine groups is 1. The van der Waals surface area contributed by atoms with Gasteiger partial charge in [0.15, 0.2) is 17.2 Å². The summed E-state index contributed by atoms with van der Waals surface area (Å²) in [6.45, 7) is 3.76. The molecular weight excluding hydrogens is 437 g/mol. The van der Waals surface area contributed by atoms with Crippen molar-refractivity contribution in [2.24, 2.45) is 0 Å². The van der Waals surface area contributed by atoms with Crippen LogP contribution in [0.1, 0.15) is 17.1 Å². The van der Waals surface area contributed by atoms with Crippen LogP contribution >= 0.6 is 0 Å². The van der Waals surface area contributed by atoms with E-state index in [1.807, 2.05) is 30.3 Å². The van der Waals surface area contributed by atoms with Crippen molar-refractivity contribution in [1.82, 2.24) is 19.5 Å². The van der Waals surface area contributed by atoms with Gasteiger partial charge in [-0.25, -0.2) is 9.37 Å². The highest BCUT2D eigenvalue weighted by molar-refractivity contribution is 5.88. The first kappa shape index (κ1) is 21.7. The predicted octanol–water partition coefficient (Wildman–Crippen LogP) is 3.06. The van der Waals surface area contributed by atoms with E-state index >= 15 is 0 Å². The lowest BCUT2D eigenvalue weighted by molar-refractivity contribution is -0.619. The molecule has 1 aliphatic heterocycles. The van der Waals surface area contributed by atoms with Crippen molar-refractivity contribution >= 4 is 5.82 Å². The first-order valence-electron chi connectivity index (χ1n) is 10.6. The molecule has 4 heterocycles. The highest BCUT2D eigenvalue weighted by Crippen LogP contribution is 2.40. The SMILES string of the molecule is Cc1cc(-c2c(-c3ccccc3)nc(=N)n3c2N(O)N(Cc2ccc(F)cn2)C3)cc(C)[n+]1[O-]. The second-order valence-corrected chi connectivity index (χ2v) is 8.16. The molecule has 1 aliphatic rings. The Hall–Kier alpha value is -4.15. The van der Waals surface area contributed by atoms with E-state index in [-0.39, 0.29) is 18.8 Å². The molecule has 0 saturated heterocycles. The fourth-order valence-electron chi connectivity index (χ4n) is 4.17. The van der Waals surface area contributed by atoms with E-state index in [9.17, 15) is 14.8 Å². The number of hydrogen-bond donors (Lipinski definition) is 2. The Morgan fingerprint density at radius 1 is 1.09 bits per heavy atom. The number of nitrogens with one attached hydrogen (secondary N) is 1. The Kier molecular flexibility index (Phi) is 5.31. The third-order valence-corrected chi connectivity index (χ3v) is 5.79. The van der Waals surface area contributed by atoms with Crippen LogP contribution in [0.5, 0.6) is 0 Å². The standard InChI is InChI=1S/C24H22FN7O2/c1-15-10-18(11-16(2)31(15)33)21-22(17-6-4-3-5-7-17)28-24(26)30-14-29(32(34)23(21)30)13-20-9-8-19(25)12-27-20/h3-12,26,34H,13-14H2,1-2H3. The highest BCUT2D eigenvalue weighted by atomic mass is 19.1. The molecule has 0 atom stereocenters. The van der Waals surface area contributed by atoms with Gasteiger partial charge >= 0.3 is 0 Å². The van der Waals surface area contributed by atoms with Crippen LogP contribution in [0.3, 0.4) is 0 Å². The Balaban J connectivity index is 1.70. The monoisotopic (exact) mass is 459 g/mol. The zero-order chi connectivity index (χ0) is 24.0. The van der Waals surface area contributed by atoms with Crippen molar-refractivity contribution in [3.05, 3.63) is 94.5 Å². The number of fused-ring (bicyclic) bond motifs is 1. The first-order valence-corrected chi connectivity index (χ1v) is 10.6. The number of halogens is 1. The number of pyridine rings is 2. The van der Waals surface area contributed by atoms with E-state index < -0.39 is 5.82 Å². The van der Waals surface area contributed by atoms with Crippen LogP contribution < -0.4 is 15.5 Å². The lowest BCUT2D eigenvalue weighted by Gasteiger charge is -2.23. The summed E-state index contributed by atoms with van der Waals surface area (Å²) in [5.74, 6) is -0.0926. The maximum absolute atomic E-state index is 13.3. The van der Waals surface area contributed by atoms with E-state index in [0.29, 0.717) is 39.7 Å². The maximum Gasteiger partial charge on any atom is 0.225 e. The summed E-state index contributed by atoms with van der Waals surface area (Å²) in [6.07, 6.45) is 1.12. The fraction of sp³-hybridized carbons (Fsp3) is 0.167. The van der Waals surface area contributed by atoms with Crippen LogP contribution in [0.25, 0.3) is 22.4 Å². The van der Waals surface area contributed by atoms with Crippen LogP contribution in [-0.2, 0) is 13.2 Å².